The fourth-order valence-electron chi connectivity index (χ4n) is 1.41. The summed E-state index contributed by atoms with van der Waals surface area (Å²) in [5, 5.41) is 0. The molecular weight excluding hydrogens is 272 g/mol. The van der Waals surface area contributed by atoms with E-state index in [1.807, 2.05) is 0 Å². The second kappa shape index (κ2) is 5.89. The monoisotopic (exact) mass is 288 g/mol. The Labute approximate surface area is 111 Å². The van der Waals surface area contributed by atoms with Crippen molar-refractivity contribution in [2.75, 3.05) is 20.0 Å². The Morgan fingerprint density at radius 2 is 2.00 bits per heavy atom. The smallest absolute Gasteiger partial charge is 0.323 e. The Morgan fingerprint density at radius 1 is 1.37 bits per heavy atom. The first-order valence-corrected chi connectivity index (χ1v) is 6.84. The summed E-state index contributed by atoms with van der Waals surface area (Å²) < 4.78 is 35.6. The Morgan fingerprint density at radius 3 is 2.47 bits per heavy atom. The minimum atomic E-state index is -3.85. The summed E-state index contributed by atoms with van der Waals surface area (Å²) in [5.41, 5.74) is 5.83. The number of benzene rings is 1. The highest BCUT2D eigenvalue weighted by Crippen LogP contribution is 2.24. The summed E-state index contributed by atoms with van der Waals surface area (Å²) in [6, 6.07) is 3.04. The van der Waals surface area contributed by atoms with E-state index in [4.69, 9.17) is 10.5 Å². The van der Waals surface area contributed by atoms with Gasteiger partial charge in [0, 0.05) is 0 Å². The van der Waals surface area contributed by atoms with Crippen LogP contribution in [0.1, 0.15) is 6.92 Å². The van der Waals surface area contributed by atoms with E-state index in [1.54, 1.807) is 0 Å². The number of nitrogens with one attached hydrogen (secondary N) is 1. The van der Waals surface area contributed by atoms with Crippen molar-refractivity contribution in [3.8, 4) is 5.75 Å². The van der Waals surface area contributed by atoms with E-state index in [9.17, 15) is 13.2 Å². The van der Waals surface area contributed by atoms with Crippen LogP contribution in [0.25, 0.3) is 0 Å². The summed E-state index contributed by atoms with van der Waals surface area (Å²) in [6.07, 6.45) is 0. The Kier molecular flexibility index (Phi) is 4.73. The number of hydrogen-bond donors (Lipinski definition) is 2. The lowest BCUT2D eigenvalue weighted by molar-refractivity contribution is -0.142. The molecule has 0 radical (unpaired) electrons. The molecule has 0 amide bonds. The number of nitrogens with two attached hydrogens (primary N) is 1. The first-order valence-electron chi connectivity index (χ1n) is 5.35. The maximum atomic E-state index is 12.0. The molecule has 1 aromatic carbocycles. The van der Waals surface area contributed by atoms with Gasteiger partial charge in [-0.05, 0) is 25.1 Å². The van der Waals surface area contributed by atoms with Crippen molar-refractivity contribution in [1.29, 1.82) is 0 Å². The molecule has 0 aliphatic carbocycles. The molecule has 0 bridgehead atoms. The van der Waals surface area contributed by atoms with Gasteiger partial charge in [0.15, 0.2) is 0 Å². The molecule has 1 atom stereocenters. The number of hydrogen-bond acceptors (Lipinski definition) is 6. The van der Waals surface area contributed by atoms with Crippen molar-refractivity contribution in [3.63, 3.8) is 0 Å². The molecule has 3 N–H and O–H groups in total. The fourth-order valence-corrected chi connectivity index (χ4v) is 2.63. The van der Waals surface area contributed by atoms with E-state index in [-0.39, 0.29) is 10.6 Å². The molecule has 1 unspecified atom stereocenters. The molecule has 0 heterocycles. The normalized spacial score (nSPS) is 12.8. The van der Waals surface area contributed by atoms with Gasteiger partial charge in [-0.1, -0.05) is 0 Å². The predicted octanol–water partition coefficient (Wildman–Crippen LogP) is 0.117. The van der Waals surface area contributed by atoms with Gasteiger partial charge in [0.2, 0.25) is 10.0 Å². The zero-order chi connectivity index (χ0) is 14.6. The van der Waals surface area contributed by atoms with Crippen molar-refractivity contribution < 1.29 is 22.7 Å². The fraction of sp³-hybridized carbons (Fsp3) is 0.364. The second-order valence-corrected chi connectivity index (χ2v) is 5.48. The van der Waals surface area contributed by atoms with E-state index in [2.05, 4.69) is 9.46 Å². The van der Waals surface area contributed by atoms with Crippen LogP contribution >= 0.6 is 0 Å². The number of rotatable bonds is 5. The van der Waals surface area contributed by atoms with Crippen LogP contribution in [0.15, 0.2) is 23.1 Å². The Balaban J connectivity index is 3.01. The van der Waals surface area contributed by atoms with Crippen LogP contribution in [0.5, 0.6) is 5.75 Å². The number of anilines is 1. The quantitative estimate of drug-likeness (QED) is 0.588. The van der Waals surface area contributed by atoms with Crippen molar-refractivity contribution in [2.24, 2.45) is 0 Å². The van der Waals surface area contributed by atoms with Crippen LogP contribution in [0.3, 0.4) is 0 Å². The van der Waals surface area contributed by atoms with E-state index in [0.717, 1.165) is 0 Å². The molecule has 0 spiro atoms. The van der Waals surface area contributed by atoms with Gasteiger partial charge in [-0.3, -0.25) is 4.79 Å². The van der Waals surface area contributed by atoms with Gasteiger partial charge in [-0.2, -0.15) is 4.72 Å². The molecule has 19 heavy (non-hydrogen) atoms. The van der Waals surface area contributed by atoms with Gasteiger partial charge in [0.05, 0.1) is 24.8 Å². The van der Waals surface area contributed by atoms with Crippen LogP contribution in [-0.4, -0.2) is 34.6 Å². The minimum absolute atomic E-state index is 0.0541. The lowest BCUT2D eigenvalue weighted by atomic mass is 10.3. The van der Waals surface area contributed by atoms with Crippen LogP contribution in [0, 0.1) is 0 Å². The molecule has 0 saturated carbocycles. The predicted molar refractivity (Wildman–Crippen MR) is 69.2 cm³/mol. The van der Waals surface area contributed by atoms with Crippen molar-refractivity contribution >= 4 is 21.7 Å². The number of carbonyl (C=O) groups excluding carboxylic acids is 1. The number of sulfonamides is 1. The summed E-state index contributed by atoms with van der Waals surface area (Å²) in [4.78, 5) is 11.1. The number of ether oxygens (including phenoxy) is 2. The maximum Gasteiger partial charge on any atom is 0.323 e. The molecule has 106 valence electrons. The lowest BCUT2D eigenvalue weighted by Crippen LogP contribution is -2.39. The summed E-state index contributed by atoms with van der Waals surface area (Å²) in [7, 11) is -1.24. The second-order valence-electron chi connectivity index (χ2n) is 3.77. The van der Waals surface area contributed by atoms with E-state index in [1.165, 1.54) is 39.3 Å². The van der Waals surface area contributed by atoms with Gasteiger partial charge >= 0.3 is 5.97 Å². The highest BCUT2D eigenvalue weighted by molar-refractivity contribution is 7.89. The van der Waals surface area contributed by atoms with Crippen LogP contribution in [0.4, 0.5) is 5.69 Å². The third-order valence-electron chi connectivity index (χ3n) is 2.40. The zero-order valence-electron chi connectivity index (χ0n) is 10.8. The highest BCUT2D eigenvalue weighted by Gasteiger charge is 2.23. The largest absolute Gasteiger partial charge is 0.495 e. The third kappa shape index (κ3) is 3.58. The maximum absolute atomic E-state index is 12.0. The van der Waals surface area contributed by atoms with E-state index in [0.29, 0.717) is 5.75 Å². The van der Waals surface area contributed by atoms with Gasteiger partial charge in [-0.15, -0.1) is 0 Å². The zero-order valence-corrected chi connectivity index (χ0v) is 11.7. The Hall–Kier alpha value is -1.80. The topological polar surface area (TPSA) is 108 Å². The van der Waals surface area contributed by atoms with Gasteiger partial charge < -0.3 is 15.2 Å². The molecule has 1 rings (SSSR count). The molecule has 1 aromatic rings. The van der Waals surface area contributed by atoms with E-state index < -0.39 is 22.0 Å². The van der Waals surface area contributed by atoms with Crippen molar-refractivity contribution in [1.82, 2.24) is 4.72 Å². The van der Waals surface area contributed by atoms with Gasteiger partial charge in [-0.25, -0.2) is 8.42 Å². The van der Waals surface area contributed by atoms with Crippen molar-refractivity contribution in [2.45, 2.75) is 17.9 Å². The molecule has 0 aromatic heterocycles. The highest BCUT2D eigenvalue weighted by atomic mass is 32.2. The van der Waals surface area contributed by atoms with Crippen LogP contribution < -0.4 is 15.2 Å². The molecular formula is C11H16N2O5S. The Bertz CT molecular complexity index is 570. The number of methoxy groups -OCH3 is 2. The first-order chi connectivity index (χ1) is 8.81. The van der Waals surface area contributed by atoms with Crippen LogP contribution in [-0.2, 0) is 19.6 Å². The molecule has 8 heteroatoms. The molecule has 7 nitrogen and oxygen atoms in total. The molecule has 0 aliphatic heterocycles. The van der Waals surface area contributed by atoms with Crippen molar-refractivity contribution in [3.05, 3.63) is 18.2 Å². The molecule has 0 fully saturated rings. The SMILES string of the molecule is COC(=O)C(C)NS(=O)(=O)c1ccc(OC)c(N)c1. The van der Waals surface area contributed by atoms with Crippen LogP contribution in [0.2, 0.25) is 0 Å². The summed E-state index contributed by atoms with van der Waals surface area (Å²) in [5.74, 6) is -0.301. The molecule has 0 aliphatic rings. The number of carbonyl (C=O) groups is 1. The molecule has 0 saturated heterocycles. The summed E-state index contributed by atoms with van der Waals surface area (Å²) >= 11 is 0. The average Bonchev–Trinajstić information content (AvgIpc) is 2.37. The average molecular weight is 288 g/mol. The summed E-state index contributed by atoms with van der Waals surface area (Å²) in [6.45, 7) is 1.39. The van der Waals surface area contributed by atoms with Gasteiger partial charge in [0.25, 0.3) is 0 Å². The minimum Gasteiger partial charge on any atom is -0.495 e. The van der Waals surface area contributed by atoms with Gasteiger partial charge in [0.1, 0.15) is 11.8 Å². The lowest BCUT2D eigenvalue weighted by Gasteiger charge is -2.13. The third-order valence-corrected chi connectivity index (χ3v) is 3.94. The number of esters is 1. The standard InChI is InChI=1S/C11H16N2O5S/c1-7(11(14)18-3)13-19(15,16)8-4-5-10(17-2)9(12)6-8/h4-7,13H,12H2,1-3H3. The number of nitrogen functional groups attached to an aromatic ring is 1. The first kappa shape index (κ1) is 15.3. The van der Waals surface area contributed by atoms with E-state index >= 15 is 0 Å².